The molecule has 4 heteroatoms. The van der Waals surface area contributed by atoms with Gasteiger partial charge in [-0.2, -0.15) is 0 Å². The van der Waals surface area contributed by atoms with E-state index in [1.807, 2.05) is 6.92 Å². The fourth-order valence-electron chi connectivity index (χ4n) is 0.773. The average molecular weight is 204 g/mol. The highest BCUT2D eigenvalue weighted by Crippen LogP contribution is 1.88. The molecule has 0 aliphatic carbocycles. The van der Waals surface area contributed by atoms with Gasteiger partial charge in [-0.3, -0.25) is 0 Å². The molecule has 0 aliphatic heterocycles. The third-order valence-corrected chi connectivity index (χ3v) is 2.03. The van der Waals surface area contributed by atoms with E-state index >= 15 is 0 Å². The second-order valence-electron chi connectivity index (χ2n) is 3.28. The van der Waals surface area contributed by atoms with Gasteiger partial charge >= 0.3 is 0 Å². The highest BCUT2D eigenvalue weighted by Gasteiger charge is 2.00. The molecular weight excluding hydrogens is 184 g/mol. The van der Waals surface area contributed by atoms with Crippen LogP contribution in [0.1, 0.15) is 26.7 Å². The first-order valence-electron chi connectivity index (χ1n) is 4.83. The van der Waals surface area contributed by atoms with Crippen LogP contribution < -0.4 is 10.6 Å². The summed E-state index contributed by atoms with van der Waals surface area (Å²) in [5.41, 5.74) is 0. The Morgan fingerprint density at radius 2 is 2.15 bits per heavy atom. The first-order valence-corrected chi connectivity index (χ1v) is 5.24. The molecule has 0 fully saturated rings. The lowest BCUT2D eigenvalue weighted by atomic mass is 10.2. The lowest BCUT2D eigenvalue weighted by Gasteiger charge is -2.12. The van der Waals surface area contributed by atoms with Crippen LogP contribution in [0.5, 0.6) is 0 Å². The summed E-state index contributed by atoms with van der Waals surface area (Å²) in [7, 11) is 0. The molecule has 0 spiro atoms. The standard InChI is InChI=1S/C9H20N2OS/c1-3-4-5-10-9(13)11-6-8(2)7-12/h8,12H,3-7H2,1-2H3,(H2,10,11,13). The molecule has 3 N–H and O–H groups in total. The zero-order chi connectivity index (χ0) is 10.1. The first-order chi connectivity index (χ1) is 6.20. The van der Waals surface area contributed by atoms with E-state index in [0.717, 1.165) is 19.5 Å². The largest absolute Gasteiger partial charge is 0.396 e. The van der Waals surface area contributed by atoms with E-state index in [2.05, 4.69) is 17.6 Å². The molecule has 1 atom stereocenters. The maximum Gasteiger partial charge on any atom is 0.166 e. The highest BCUT2D eigenvalue weighted by molar-refractivity contribution is 7.80. The second kappa shape index (κ2) is 8.26. The molecule has 3 nitrogen and oxygen atoms in total. The Balaban J connectivity index is 3.30. The molecule has 0 aromatic carbocycles. The van der Waals surface area contributed by atoms with E-state index in [1.54, 1.807) is 0 Å². The van der Waals surface area contributed by atoms with Crippen LogP contribution in [0, 0.1) is 5.92 Å². The number of thiocarbonyl (C=S) groups is 1. The molecule has 0 aromatic rings. The Morgan fingerprint density at radius 1 is 1.46 bits per heavy atom. The van der Waals surface area contributed by atoms with Gasteiger partial charge in [0, 0.05) is 19.7 Å². The van der Waals surface area contributed by atoms with Gasteiger partial charge in [0.1, 0.15) is 0 Å². The van der Waals surface area contributed by atoms with Crippen LogP contribution in [-0.4, -0.2) is 29.9 Å². The quantitative estimate of drug-likeness (QED) is 0.444. The van der Waals surface area contributed by atoms with Crippen molar-refractivity contribution >= 4 is 17.3 Å². The number of unbranched alkanes of at least 4 members (excludes halogenated alkanes) is 1. The molecule has 0 rings (SSSR count). The van der Waals surface area contributed by atoms with Crippen molar-refractivity contribution in [3.63, 3.8) is 0 Å². The van der Waals surface area contributed by atoms with Gasteiger partial charge < -0.3 is 15.7 Å². The number of hydrogen-bond acceptors (Lipinski definition) is 2. The van der Waals surface area contributed by atoms with E-state index in [4.69, 9.17) is 17.3 Å². The van der Waals surface area contributed by atoms with Gasteiger partial charge in [0.05, 0.1) is 0 Å². The molecule has 1 unspecified atom stereocenters. The normalized spacial score (nSPS) is 12.2. The molecule has 0 radical (unpaired) electrons. The van der Waals surface area contributed by atoms with E-state index in [1.165, 1.54) is 6.42 Å². The third kappa shape index (κ3) is 7.99. The van der Waals surface area contributed by atoms with E-state index in [-0.39, 0.29) is 12.5 Å². The summed E-state index contributed by atoms with van der Waals surface area (Å²) in [6, 6.07) is 0. The minimum absolute atomic E-state index is 0.199. The average Bonchev–Trinajstić information content (AvgIpc) is 2.14. The maximum atomic E-state index is 8.76. The van der Waals surface area contributed by atoms with Crippen LogP contribution in [0.2, 0.25) is 0 Å². The lowest BCUT2D eigenvalue weighted by molar-refractivity contribution is 0.238. The zero-order valence-electron chi connectivity index (χ0n) is 8.47. The van der Waals surface area contributed by atoms with Gasteiger partial charge in [0.15, 0.2) is 5.11 Å². The van der Waals surface area contributed by atoms with Crippen LogP contribution in [0.4, 0.5) is 0 Å². The summed E-state index contributed by atoms with van der Waals surface area (Å²) in [6.07, 6.45) is 2.31. The second-order valence-corrected chi connectivity index (χ2v) is 3.69. The summed E-state index contributed by atoms with van der Waals surface area (Å²) in [4.78, 5) is 0. The smallest absolute Gasteiger partial charge is 0.166 e. The Labute approximate surface area is 85.9 Å². The zero-order valence-corrected chi connectivity index (χ0v) is 9.28. The van der Waals surface area contributed by atoms with Crippen LogP contribution in [-0.2, 0) is 0 Å². The summed E-state index contributed by atoms with van der Waals surface area (Å²) in [5.74, 6) is 0.255. The third-order valence-electron chi connectivity index (χ3n) is 1.74. The predicted octanol–water partition coefficient (Wildman–Crippen LogP) is 0.879. The first kappa shape index (κ1) is 12.7. The van der Waals surface area contributed by atoms with E-state index in [0.29, 0.717) is 5.11 Å². The van der Waals surface area contributed by atoms with Gasteiger partial charge in [-0.1, -0.05) is 20.3 Å². The predicted molar refractivity (Wildman–Crippen MR) is 59.8 cm³/mol. The van der Waals surface area contributed by atoms with Crippen molar-refractivity contribution < 1.29 is 5.11 Å². The number of rotatable bonds is 6. The van der Waals surface area contributed by atoms with Crippen molar-refractivity contribution in [1.82, 2.24) is 10.6 Å². The number of hydrogen-bond donors (Lipinski definition) is 3. The van der Waals surface area contributed by atoms with Gasteiger partial charge in [-0.25, -0.2) is 0 Å². The Kier molecular flexibility index (Phi) is 8.04. The van der Waals surface area contributed by atoms with Crippen molar-refractivity contribution in [2.45, 2.75) is 26.7 Å². The van der Waals surface area contributed by atoms with Crippen molar-refractivity contribution in [2.24, 2.45) is 5.92 Å². The number of aliphatic hydroxyl groups is 1. The van der Waals surface area contributed by atoms with Crippen LogP contribution in [0.3, 0.4) is 0 Å². The highest BCUT2D eigenvalue weighted by atomic mass is 32.1. The van der Waals surface area contributed by atoms with Crippen LogP contribution in [0.15, 0.2) is 0 Å². The number of aliphatic hydroxyl groups excluding tert-OH is 1. The monoisotopic (exact) mass is 204 g/mol. The Hall–Kier alpha value is -0.350. The molecule has 0 amide bonds. The molecular formula is C9H20N2OS. The van der Waals surface area contributed by atoms with Crippen LogP contribution in [0.25, 0.3) is 0 Å². The molecule has 0 aliphatic rings. The Morgan fingerprint density at radius 3 is 2.69 bits per heavy atom. The minimum atomic E-state index is 0.199. The van der Waals surface area contributed by atoms with Crippen molar-refractivity contribution in [2.75, 3.05) is 19.7 Å². The summed E-state index contributed by atoms with van der Waals surface area (Å²) < 4.78 is 0. The SMILES string of the molecule is CCCCNC(=S)NCC(C)CO. The molecule has 13 heavy (non-hydrogen) atoms. The molecule has 0 saturated carbocycles. The number of nitrogens with one attached hydrogen (secondary N) is 2. The van der Waals surface area contributed by atoms with Crippen molar-refractivity contribution in [3.8, 4) is 0 Å². The van der Waals surface area contributed by atoms with Gasteiger partial charge in [-0.15, -0.1) is 0 Å². The summed E-state index contributed by atoms with van der Waals surface area (Å²) in [5, 5.41) is 15.6. The van der Waals surface area contributed by atoms with Gasteiger partial charge in [0.25, 0.3) is 0 Å². The van der Waals surface area contributed by atoms with E-state index < -0.39 is 0 Å². The molecule has 0 heterocycles. The van der Waals surface area contributed by atoms with Gasteiger partial charge in [0.2, 0.25) is 0 Å². The minimum Gasteiger partial charge on any atom is -0.396 e. The molecule has 0 saturated heterocycles. The molecule has 78 valence electrons. The summed E-state index contributed by atoms with van der Waals surface area (Å²) >= 11 is 5.03. The van der Waals surface area contributed by atoms with Crippen molar-refractivity contribution in [1.29, 1.82) is 0 Å². The Bertz CT molecular complexity index is 142. The van der Waals surface area contributed by atoms with E-state index in [9.17, 15) is 0 Å². The topological polar surface area (TPSA) is 44.3 Å². The molecule has 0 bridgehead atoms. The fraction of sp³-hybridized carbons (Fsp3) is 0.889. The summed E-state index contributed by atoms with van der Waals surface area (Å²) in [6.45, 7) is 5.97. The van der Waals surface area contributed by atoms with Gasteiger partial charge in [-0.05, 0) is 24.6 Å². The fourth-order valence-corrected chi connectivity index (χ4v) is 0.958. The van der Waals surface area contributed by atoms with Crippen molar-refractivity contribution in [3.05, 3.63) is 0 Å². The van der Waals surface area contributed by atoms with Crippen LogP contribution >= 0.6 is 12.2 Å². The maximum absolute atomic E-state index is 8.76. The lowest BCUT2D eigenvalue weighted by Crippen LogP contribution is -2.38. The molecule has 0 aromatic heterocycles.